The number of halogens is 1. The topological polar surface area (TPSA) is 56.8 Å². The van der Waals surface area contributed by atoms with Crippen molar-refractivity contribution in [2.24, 2.45) is 0 Å². The third-order valence-electron chi connectivity index (χ3n) is 3.51. The van der Waals surface area contributed by atoms with Crippen molar-refractivity contribution in [3.05, 3.63) is 34.0 Å². The van der Waals surface area contributed by atoms with Crippen LogP contribution in [0.3, 0.4) is 0 Å². The van der Waals surface area contributed by atoms with Gasteiger partial charge in [-0.2, -0.15) is 5.06 Å². The molecule has 1 unspecified atom stereocenters. The van der Waals surface area contributed by atoms with Crippen LogP contribution in [0, 0.1) is 0 Å². The zero-order valence-electron chi connectivity index (χ0n) is 12.9. The third kappa shape index (κ3) is 3.66. The zero-order chi connectivity index (χ0) is 15.8. The Hall–Kier alpha value is -0.880. The van der Waals surface area contributed by atoms with E-state index in [1.807, 2.05) is 39.0 Å². The minimum atomic E-state index is -0.870. The quantitative estimate of drug-likeness (QED) is 0.803. The summed E-state index contributed by atoms with van der Waals surface area (Å²) in [5, 5.41) is 22.3. The molecule has 0 saturated heterocycles. The molecule has 0 saturated carbocycles. The van der Waals surface area contributed by atoms with Crippen LogP contribution in [0.4, 0.5) is 0 Å². The minimum Gasteiger partial charge on any atom is -0.458 e. The van der Waals surface area contributed by atoms with Crippen LogP contribution < -0.4 is 0 Å². The molecule has 21 heavy (non-hydrogen) atoms. The molecule has 1 aromatic heterocycles. The summed E-state index contributed by atoms with van der Waals surface area (Å²) in [6.07, 6.45) is -0.0160. The average Bonchev–Trinajstić information content (AvgIpc) is 2.80. The average molecular weight is 356 g/mol. The molecule has 0 spiro atoms. The predicted molar refractivity (Wildman–Crippen MR) is 86.5 cm³/mol. The fraction of sp³-hybridized carbons (Fsp3) is 0.500. The molecule has 0 aliphatic carbocycles. The first-order valence-electron chi connectivity index (χ1n) is 7.08. The van der Waals surface area contributed by atoms with E-state index >= 15 is 0 Å². The van der Waals surface area contributed by atoms with E-state index in [4.69, 9.17) is 4.42 Å². The van der Waals surface area contributed by atoms with Gasteiger partial charge in [0.25, 0.3) is 0 Å². The highest BCUT2D eigenvalue weighted by Crippen LogP contribution is 2.31. The van der Waals surface area contributed by atoms with Crippen molar-refractivity contribution in [2.45, 2.75) is 45.8 Å². The summed E-state index contributed by atoms with van der Waals surface area (Å²) in [7, 11) is 0. The molecule has 2 aromatic rings. The van der Waals surface area contributed by atoms with Gasteiger partial charge in [-0.05, 0) is 51.0 Å². The van der Waals surface area contributed by atoms with Gasteiger partial charge in [0.15, 0.2) is 0 Å². The molecular formula is C16H22BrNO3. The van der Waals surface area contributed by atoms with Crippen LogP contribution in [0.15, 0.2) is 27.1 Å². The largest absolute Gasteiger partial charge is 0.458 e. The number of fused-ring (bicyclic) bond motifs is 1. The maximum Gasteiger partial charge on any atom is 0.137 e. The van der Waals surface area contributed by atoms with Crippen molar-refractivity contribution < 1.29 is 14.7 Å². The highest BCUT2D eigenvalue weighted by Gasteiger charge is 2.24. The van der Waals surface area contributed by atoms with E-state index in [1.165, 1.54) is 0 Å². The Morgan fingerprint density at radius 1 is 1.29 bits per heavy atom. The lowest BCUT2D eigenvalue weighted by Gasteiger charge is -2.30. The molecule has 1 atom stereocenters. The van der Waals surface area contributed by atoms with Gasteiger partial charge in [-0.3, -0.25) is 0 Å². The predicted octanol–water partition coefficient (Wildman–Crippen LogP) is 4.28. The fourth-order valence-electron chi connectivity index (χ4n) is 2.16. The Morgan fingerprint density at radius 2 is 1.95 bits per heavy atom. The first kappa shape index (κ1) is 16.5. The van der Waals surface area contributed by atoms with E-state index in [1.54, 1.807) is 0 Å². The van der Waals surface area contributed by atoms with E-state index in [0.29, 0.717) is 5.76 Å². The number of nitrogens with zero attached hydrogens (tertiary/aromatic N) is 1. The summed E-state index contributed by atoms with van der Waals surface area (Å²) in [5.74, 6) is 0.473. The van der Waals surface area contributed by atoms with E-state index in [9.17, 15) is 10.3 Å². The van der Waals surface area contributed by atoms with Gasteiger partial charge in [-0.25, -0.2) is 0 Å². The van der Waals surface area contributed by atoms with E-state index < -0.39 is 11.6 Å². The zero-order valence-corrected chi connectivity index (χ0v) is 14.4. The van der Waals surface area contributed by atoms with Crippen molar-refractivity contribution >= 4 is 26.9 Å². The molecule has 0 aliphatic heterocycles. The lowest BCUT2D eigenvalue weighted by Crippen LogP contribution is -2.41. The van der Waals surface area contributed by atoms with E-state index in [-0.39, 0.29) is 6.54 Å². The second-order valence-electron chi connectivity index (χ2n) is 6.25. The monoisotopic (exact) mass is 355 g/mol. The summed E-state index contributed by atoms with van der Waals surface area (Å²) in [5.41, 5.74) is 1.47. The molecule has 1 aromatic carbocycles. The van der Waals surface area contributed by atoms with Gasteiger partial charge in [-0.1, -0.05) is 22.9 Å². The van der Waals surface area contributed by atoms with Gasteiger partial charge in [0.1, 0.15) is 17.4 Å². The molecule has 2 rings (SSSR count). The summed E-state index contributed by atoms with van der Waals surface area (Å²) in [4.78, 5) is 0. The van der Waals surface area contributed by atoms with Crippen molar-refractivity contribution in [2.75, 3.05) is 6.54 Å². The number of hydrogen-bond donors (Lipinski definition) is 2. The number of aliphatic hydroxyl groups excluding tert-OH is 1. The number of hydrogen-bond acceptors (Lipinski definition) is 4. The van der Waals surface area contributed by atoms with Crippen LogP contribution in [0.5, 0.6) is 0 Å². The maximum absolute atomic E-state index is 10.3. The third-order valence-corrected chi connectivity index (χ3v) is 3.96. The Bertz CT molecular complexity index is 630. The van der Waals surface area contributed by atoms with Crippen LogP contribution in [0.25, 0.3) is 11.0 Å². The van der Waals surface area contributed by atoms with E-state index in [2.05, 4.69) is 22.9 Å². The highest BCUT2D eigenvalue weighted by atomic mass is 79.9. The van der Waals surface area contributed by atoms with Crippen molar-refractivity contribution in [1.82, 2.24) is 5.06 Å². The smallest absolute Gasteiger partial charge is 0.137 e. The normalized spacial score (nSPS) is 14.1. The number of rotatable bonds is 4. The van der Waals surface area contributed by atoms with Crippen LogP contribution in [0.2, 0.25) is 0 Å². The van der Waals surface area contributed by atoms with Crippen LogP contribution >= 0.6 is 15.9 Å². The van der Waals surface area contributed by atoms with Crippen molar-refractivity contribution in [1.29, 1.82) is 0 Å². The molecule has 0 fully saturated rings. The lowest BCUT2D eigenvalue weighted by atomic mass is 10.1. The summed E-state index contributed by atoms with van der Waals surface area (Å²) >= 11 is 3.48. The number of aliphatic hydroxyl groups is 1. The molecule has 4 nitrogen and oxygen atoms in total. The summed E-state index contributed by atoms with van der Waals surface area (Å²) in [6, 6.07) is 5.82. The van der Waals surface area contributed by atoms with Crippen molar-refractivity contribution in [3.63, 3.8) is 0 Å². The molecule has 1 heterocycles. The second kappa shape index (κ2) is 6.08. The minimum absolute atomic E-state index is 0.103. The molecule has 0 bridgehead atoms. The van der Waals surface area contributed by atoms with Gasteiger partial charge in [0, 0.05) is 15.4 Å². The van der Waals surface area contributed by atoms with Gasteiger partial charge < -0.3 is 14.7 Å². The number of furan rings is 1. The van der Waals surface area contributed by atoms with Gasteiger partial charge in [0.05, 0.1) is 6.54 Å². The van der Waals surface area contributed by atoms with Gasteiger partial charge >= 0.3 is 0 Å². The first-order valence-corrected chi connectivity index (χ1v) is 7.88. The Balaban J connectivity index is 2.30. The van der Waals surface area contributed by atoms with Crippen LogP contribution in [-0.2, 0) is 6.42 Å². The second-order valence-corrected chi connectivity index (χ2v) is 7.17. The molecule has 5 heteroatoms. The molecular weight excluding hydrogens is 334 g/mol. The van der Waals surface area contributed by atoms with Crippen LogP contribution in [0.1, 0.15) is 45.1 Å². The Morgan fingerprint density at radius 3 is 2.52 bits per heavy atom. The highest BCUT2D eigenvalue weighted by molar-refractivity contribution is 9.10. The summed E-state index contributed by atoms with van der Waals surface area (Å²) < 4.78 is 6.80. The first-order chi connectivity index (χ1) is 9.72. The van der Waals surface area contributed by atoms with E-state index in [0.717, 1.165) is 32.5 Å². The molecule has 0 amide bonds. The number of hydroxylamine groups is 2. The summed E-state index contributed by atoms with van der Waals surface area (Å²) in [6.45, 7) is 7.81. The molecule has 116 valence electrons. The van der Waals surface area contributed by atoms with Crippen LogP contribution in [-0.4, -0.2) is 27.5 Å². The van der Waals surface area contributed by atoms with Gasteiger partial charge in [0.2, 0.25) is 0 Å². The number of aryl methyl sites for hydroxylation is 1. The number of benzene rings is 1. The van der Waals surface area contributed by atoms with Gasteiger partial charge in [-0.15, -0.1) is 0 Å². The lowest BCUT2D eigenvalue weighted by molar-refractivity contribution is -0.173. The Labute approximate surface area is 133 Å². The molecule has 0 aliphatic rings. The molecule has 2 N–H and O–H groups in total. The Kier molecular flexibility index (Phi) is 4.78. The SMILES string of the molecule is CCc1cc(Br)cc2cc(C(O)CN(O)C(C)(C)C)oc12. The molecule has 0 radical (unpaired) electrons. The maximum atomic E-state index is 10.3. The number of β-amino-alcohol motifs (C(OH)–C–C–N with tert-alkyl or cyclic N) is 1. The standard InChI is InChI=1S/C16H22BrNO3/c1-5-10-6-12(17)7-11-8-14(21-15(10)11)13(19)9-18(20)16(2,3)4/h6-8,13,19-20H,5,9H2,1-4H3. The van der Waals surface area contributed by atoms with Crippen molar-refractivity contribution in [3.8, 4) is 0 Å². The fourth-order valence-corrected chi connectivity index (χ4v) is 2.68.